The Kier molecular flexibility index (Phi) is 4.20. The molecule has 0 bridgehead atoms. The Morgan fingerprint density at radius 1 is 1.27 bits per heavy atom. The second-order valence-electron chi connectivity index (χ2n) is 6.34. The standard InChI is InChI=1S/C19H17FN2O3S/c1-10-7-14-16-17(15(10)11-3-5-12(20)6-4-11)26-9-13(25-2)8-22(16)19(24)21-18(14)23/h3-7,13H,8-9H2,1-2H3,(H,21,23,24)/t13-/m1/s1. The van der Waals surface area contributed by atoms with E-state index in [9.17, 15) is 14.0 Å². The number of aromatic nitrogens is 2. The molecule has 1 aliphatic rings. The van der Waals surface area contributed by atoms with E-state index >= 15 is 0 Å². The van der Waals surface area contributed by atoms with Crippen LogP contribution in [0, 0.1) is 12.7 Å². The van der Waals surface area contributed by atoms with Crippen molar-refractivity contribution in [2.75, 3.05) is 12.9 Å². The molecule has 1 N–H and O–H groups in total. The van der Waals surface area contributed by atoms with Gasteiger partial charge in [-0.15, -0.1) is 11.8 Å². The topological polar surface area (TPSA) is 64.1 Å². The number of thioether (sulfide) groups is 1. The third kappa shape index (κ3) is 2.68. The molecule has 2 heterocycles. The molecule has 0 fully saturated rings. The van der Waals surface area contributed by atoms with Crippen molar-refractivity contribution in [2.24, 2.45) is 0 Å². The van der Waals surface area contributed by atoms with Crippen LogP contribution in [-0.2, 0) is 11.3 Å². The Bertz CT molecular complexity index is 1120. The van der Waals surface area contributed by atoms with E-state index in [1.54, 1.807) is 41.6 Å². The van der Waals surface area contributed by atoms with Crippen molar-refractivity contribution in [2.45, 2.75) is 24.5 Å². The minimum absolute atomic E-state index is 0.152. The molecule has 1 atom stereocenters. The van der Waals surface area contributed by atoms with Gasteiger partial charge in [-0.25, -0.2) is 9.18 Å². The van der Waals surface area contributed by atoms with Crippen molar-refractivity contribution < 1.29 is 9.13 Å². The van der Waals surface area contributed by atoms with E-state index in [0.29, 0.717) is 23.2 Å². The Morgan fingerprint density at radius 3 is 2.69 bits per heavy atom. The first-order valence-electron chi connectivity index (χ1n) is 8.21. The van der Waals surface area contributed by atoms with Crippen LogP contribution in [0.5, 0.6) is 0 Å². The first-order valence-corrected chi connectivity index (χ1v) is 9.20. The first kappa shape index (κ1) is 17.1. The molecule has 0 saturated heterocycles. The third-order valence-electron chi connectivity index (χ3n) is 4.70. The number of aryl methyl sites for hydroxylation is 1. The summed E-state index contributed by atoms with van der Waals surface area (Å²) in [6, 6.07) is 8.05. The van der Waals surface area contributed by atoms with E-state index in [1.807, 2.05) is 6.92 Å². The minimum Gasteiger partial charge on any atom is -0.379 e. The quantitative estimate of drug-likeness (QED) is 0.751. The van der Waals surface area contributed by atoms with Gasteiger partial charge in [0.05, 0.1) is 23.6 Å². The van der Waals surface area contributed by atoms with Gasteiger partial charge in [0.1, 0.15) is 5.82 Å². The minimum atomic E-state index is -0.442. The van der Waals surface area contributed by atoms with Crippen molar-refractivity contribution in [3.63, 3.8) is 0 Å². The molecule has 2 aromatic carbocycles. The average Bonchev–Trinajstić information content (AvgIpc) is 2.81. The number of halogens is 1. The smallest absolute Gasteiger partial charge is 0.328 e. The molecule has 0 spiro atoms. The summed E-state index contributed by atoms with van der Waals surface area (Å²) in [6.45, 7) is 2.29. The lowest BCUT2D eigenvalue weighted by molar-refractivity contribution is 0.107. The Labute approximate surface area is 152 Å². The average molecular weight is 372 g/mol. The van der Waals surface area contributed by atoms with Crippen molar-refractivity contribution in [1.82, 2.24) is 9.55 Å². The number of rotatable bonds is 2. The number of methoxy groups -OCH3 is 1. The Hall–Kier alpha value is -2.38. The molecule has 0 amide bonds. The maximum atomic E-state index is 13.4. The highest BCUT2D eigenvalue weighted by Gasteiger charge is 2.25. The largest absolute Gasteiger partial charge is 0.379 e. The highest BCUT2D eigenvalue weighted by molar-refractivity contribution is 7.99. The van der Waals surface area contributed by atoms with Crippen LogP contribution in [0.1, 0.15) is 5.56 Å². The van der Waals surface area contributed by atoms with Crippen LogP contribution in [0.25, 0.3) is 22.0 Å². The fraction of sp³-hybridized carbons (Fsp3) is 0.263. The summed E-state index contributed by atoms with van der Waals surface area (Å²) < 4.78 is 20.4. The van der Waals surface area contributed by atoms with Gasteiger partial charge in [0.15, 0.2) is 0 Å². The van der Waals surface area contributed by atoms with Crippen LogP contribution < -0.4 is 11.2 Å². The van der Waals surface area contributed by atoms with Gasteiger partial charge in [0.25, 0.3) is 5.56 Å². The lowest BCUT2D eigenvalue weighted by Crippen LogP contribution is -2.34. The normalized spacial score (nSPS) is 16.7. The zero-order chi connectivity index (χ0) is 18.4. The van der Waals surface area contributed by atoms with Gasteiger partial charge in [-0.1, -0.05) is 12.1 Å². The van der Waals surface area contributed by atoms with Gasteiger partial charge in [-0.2, -0.15) is 0 Å². The molecule has 0 aliphatic carbocycles. The van der Waals surface area contributed by atoms with Gasteiger partial charge < -0.3 is 4.74 Å². The second-order valence-corrected chi connectivity index (χ2v) is 7.37. The molecular formula is C19H17FN2O3S. The zero-order valence-corrected chi connectivity index (χ0v) is 15.2. The molecule has 26 heavy (non-hydrogen) atoms. The second kappa shape index (κ2) is 6.41. The van der Waals surface area contributed by atoms with E-state index in [0.717, 1.165) is 21.6 Å². The molecule has 5 nitrogen and oxygen atoms in total. The SMILES string of the molecule is CO[C@H]1CSc2c(-c3ccc(F)cc3)c(C)cc3c(=O)[nH]c(=O)n(c23)C1. The highest BCUT2D eigenvalue weighted by Crippen LogP contribution is 2.40. The number of hydrogen-bond donors (Lipinski definition) is 1. The Morgan fingerprint density at radius 2 is 2.00 bits per heavy atom. The molecule has 7 heteroatoms. The Balaban J connectivity index is 2.12. The maximum Gasteiger partial charge on any atom is 0.328 e. The van der Waals surface area contributed by atoms with Crippen LogP contribution >= 0.6 is 11.8 Å². The molecular weight excluding hydrogens is 355 g/mol. The molecule has 1 aliphatic heterocycles. The van der Waals surface area contributed by atoms with Crippen molar-refractivity contribution >= 4 is 22.7 Å². The molecule has 134 valence electrons. The number of aromatic amines is 1. The summed E-state index contributed by atoms with van der Waals surface area (Å²) in [5.41, 5.74) is 2.45. The fourth-order valence-corrected chi connectivity index (χ4v) is 4.79. The molecule has 1 aromatic heterocycles. The van der Waals surface area contributed by atoms with Crippen molar-refractivity contribution in [1.29, 1.82) is 0 Å². The fourth-order valence-electron chi connectivity index (χ4n) is 3.42. The third-order valence-corrected chi connectivity index (χ3v) is 5.92. The van der Waals surface area contributed by atoms with Gasteiger partial charge in [0.2, 0.25) is 0 Å². The number of ether oxygens (including phenoxy) is 1. The van der Waals surface area contributed by atoms with Gasteiger partial charge in [0, 0.05) is 23.3 Å². The van der Waals surface area contributed by atoms with Gasteiger partial charge >= 0.3 is 5.69 Å². The van der Waals surface area contributed by atoms with E-state index in [2.05, 4.69) is 4.98 Å². The molecule has 0 unspecified atom stereocenters. The maximum absolute atomic E-state index is 13.4. The van der Waals surface area contributed by atoms with Crippen LogP contribution in [0.15, 0.2) is 44.8 Å². The van der Waals surface area contributed by atoms with E-state index in [4.69, 9.17) is 4.74 Å². The molecule has 3 aromatic rings. The predicted octanol–water partition coefficient (Wildman–Crippen LogP) is 2.93. The lowest BCUT2D eigenvalue weighted by atomic mass is 9.98. The number of hydrogen-bond acceptors (Lipinski definition) is 4. The summed E-state index contributed by atoms with van der Waals surface area (Å²) in [4.78, 5) is 28.1. The van der Waals surface area contributed by atoms with Crippen molar-refractivity contribution in [3.05, 3.63) is 62.6 Å². The molecule has 0 saturated carbocycles. The lowest BCUT2D eigenvalue weighted by Gasteiger charge is -2.16. The van der Waals surface area contributed by atoms with E-state index in [1.165, 1.54) is 12.1 Å². The summed E-state index contributed by atoms with van der Waals surface area (Å²) >= 11 is 1.56. The predicted molar refractivity (Wildman–Crippen MR) is 100 cm³/mol. The monoisotopic (exact) mass is 372 g/mol. The number of H-pyrrole nitrogens is 1. The van der Waals surface area contributed by atoms with Crippen LogP contribution in [0.4, 0.5) is 4.39 Å². The zero-order valence-electron chi connectivity index (χ0n) is 14.3. The number of benzene rings is 2. The number of nitrogens with one attached hydrogen (secondary N) is 1. The van der Waals surface area contributed by atoms with Crippen molar-refractivity contribution in [3.8, 4) is 11.1 Å². The summed E-state index contributed by atoms with van der Waals surface area (Å²) in [7, 11) is 1.61. The summed E-state index contributed by atoms with van der Waals surface area (Å²) in [5, 5.41) is 0.479. The summed E-state index contributed by atoms with van der Waals surface area (Å²) in [6.07, 6.45) is -0.152. The molecule has 0 radical (unpaired) electrons. The highest BCUT2D eigenvalue weighted by atomic mass is 32.2. The van der Waals surface area contributed by atoms with Gasteiger partial charge in [-0.3, -0.25) is 14.3 Å². The van der Waals surface area contributed by atoms with Crippen LogP contribution in [0.3, 0.4) is 0 Å². The first-order chi connectivity index (χ1) is 12.5. The van der Waals surface area contributed by atoms with Gasteiger partial charge in [-0.05, 0) is 36.2 Å². The summed E-state index contributed by atoms with van der Waals surface area (Å²) in [5.74, 6) is 0.344. The number of nitrogens with zero attached hydrogens (tertiary/aromatic N) is 1. The van der Waals surface area contributed by atoms with Crippen LogP contribution in [0.2, 0.25) is 0 Å². The van der Waals surface area contributed by atoms with E-state index in [-0.39, 0.29) is 11.9 Å². The molecule has 4 rings (SSSR count). The van der Waals surface area contributed by atoms with E-state index < -0.39 is 11.2 Å². The van der Waals surface area contributed by atoms with Crippen LogP contribution in [-0.4, -0.2) is 28.5 Å².